The van der Waals surface area contributed by atoms with Crippen molar-refractivity contribution in [2.45, 2.75) is 11.4 Å². The van der Waals surface area contributed by atoms with Gasteiger partial charge in [0.15, 0.2) is 5.82 Å². The Labute approximate surface area is 114 Å². The van der Waals surface area contributed by atoms with Gasteiger partial charge in [0.05, 0.1) is 6.20 Å². The molecule has 0 atom stereocenters. The first kappa shape index (κ1) is 14.4. The van der Waals surface area contributed by atoms with Crippen LogP contribution in [0.1, 0.15) is 5.56 Å². The summed E-state index contributed by atoms with van der Waals surface area (Å²) in [6.45, 7) is -0.00441. The molecule has 0 fully saturated rings. The summed E-state index contributed by atoms with van der Waals surface area (Å²) in [6, 6.07) is 1.67. The maximum atomic E-state index is 13.8. The lowest BCUT2D eigenvalue weighted by Gasteiger charge is -2.17. The van der Waals surface area contributed by atoms with E-state index in [1.54, 1.807) is 0 Å². The fourth-order valence-corrected chi connectivity index (χ4v) is 2.85. The average molecular weight is 302 g/mol. The van der Waals surface area contributed by atoms with Gasteiger partial charge in [0.1, 0.15) is 16.4 Å². The lowest BCUT2D eigenvalue weighted by atomic mass is 10.3. The molecule has 1 aromatic heterocycles. The van der Waals surface area contributed by atoms with E-state index in [-0.39, 0.29) is 6.54 Å². The van der Waals surface area contributed by atoms with Crippen LogP contribution in [0.4, 0.5) is 14.5 Å². The Balaban J connectivity index is 2.37. The van der Waals surface area contributed by atoms with Crippen LogP contribution in [0.25, 0.3) is 0 Å². The highest BCUT2D eigenvalue weighted by molar-refractivity contribution is 7.89. The van der Waals surface area contributed by atoms with Crippen molar-refractivity contribution in [2.24, 2.45) is 0 Å². The Bertz CT molecular complexity index is 716. The number of sulfonamides is 1. The average Bonchev–Trinajstić information content (AvgIpc) is 2.88. The number of benzene rings is 1. The van der Waals surface area contributed by atoms with Crippen molar-refractivity contribution in [3.05, 3.63) is 41.7 Å². The normalized spacial score (nSPS) is 12.0. The van der Waals surface area contributed by atoms with E-state index in [0.717, 1.165) is 16.4 Å². The minimum absolute atomic E-state index is 0.00441. The second kappa shape index (κ2) is 5.17. The van der Waals surface area contributed by atoms with E-state index < -0.39 is 32.2 Å². The van der Waals surface area contributed by atoms with Crippen LogP contribution in [0.2, 0.25) is 0 Å². The molecule has 0 radical (unpaired) electrons. The summed E-state index contributed by atoms with van der Waals surface area (Å²) in [5, 5.41) is 6.22. The number of H-pyrrole nitrogens is 1. The number of nitrogens with one attached hydrogen (secondary N) is 1. The molecule has 108 valence electrons. The SMILES string of the molecule is CN(Cc1cn[nH]c1)S(=O)(=O)c1ccc(F)c(N)c1F. The first-order valence-corrected chi connectivity index (χ1v) is 6.95. The Morgan fingerprint density at radius 3 is 2.70 bits per heavy atom. The Morgan fingerprint density at radius 1 is 1.40 bits per heavy atom. The lowest BCUT2D eigenvalue weighted by molar-refractivity contribution is 0.459. The molecule has 0 aliphatic heterocycles. The number of anilines is 1. The summed E-state index contributed by atoms with van der Waals surface area (Å²) in [4.78, 5) is -0.664. The first-order chi connectivity index (χ1) is 9.34. The minimum Gasteiger partial charge on any atom is -0.394 e. The van der Waals surface area contributed by atoms with Gasteiger partial charge in [0, 0.05) is 25.4 Å². The van der Waals surface area contributed by atoms with Gasteiger partial charge in [-0.15, -0.1) is 0 Å². The zero-order chi connectivity index (χ0) is 14.9. The first-order valence-electron chi connectivity index (χ1n) is 5.51. The summed E-state index contributed by atoms with van der Waals surface area (Å²) in [5.74, 6) is -2.29. The fraction of sp³-hybridized carbons (Fsp3) is 0.182. The van der Waals surface area contributed by atoms with E-state index in [1.165, 1.54) is 19.4 Å². The second-order valence-corrected chi connectivity index (χ2v) is 6.15. The molecule has 9 heteroatoms. The Hall–Kier alpha value is -2.00. The van der Waals surface area contributed by atoms with Crippen LogP contribution in [0, 0.1) is 11.6 Å². The highest BCUT2D eigenvalue weighted by Gasteiger charge is 2.27. The third kappa shape index (κ3) is 2.49. The Morgan fingerprint density at radius 2 is 2.10 bits per heavy atom. The van der Waals surface area contributed by atoms with Crippen LogP contribution in [-0.2, 0) is 16.6 Å². The quantitative estimate of drug-likeness (QED) is 0.827. The van der Waals surface area contributed by atoms with Crippen molar-refractivity contribution < 1.29 is 17.2 Å². The highest BCUT2D eigenvalue weighted by atomic mass is 32.2. The summed E-state index contributed by atoms with van der Waals surface area (Å²) in [6.07, 6.45) is 2.96. The smallest absolute Gasteiger partial charge is 0.246 e. The number of nitrogen functional groups attached to an aromatic ring is 1. The predicted molar refractivity (Wildman–Crippen MR) is 68.0 cm³/mol. The molecule has 2 rings (SSSR count). The molecule has 0 unspecified atom stereocenters. The topological polar surface area (TPSA) is 92.1 Å². The van der Waals surface area contributed by atoms with Gasteiger partial charge in [-0.2, -0.15) is 9.40 Å². The number of hydrogen-bond acceptors (Lipinski definition) is 4. The van der Waals surface area contributed by atoms with Crippen LogP contribution in [-0.4, -0.2) is 30.0 Å². The van der Waals surface area contributed by atoms with Gasteiger partial charge in [-0.3, -0.25) is 5.10 Å². The van der Waals surface area contributed by atoms with Crippen molar-refractivity contribution in [1.82, 2.24) is 14.5 Å². The van der Waals surface area contributed by atoms with E-state index in [1.807, 2.05) is 0 Å². The molecule has 0 amide bonds. The molecule has 0 aliphatic carbocycles. The molecule has 3 N–H and O–H groups in total. The molecule has 6 nitrogen and oxygen atoms in total. The lowest BCUT2D eigenvalue weighted by Crippen LogP contribution is -2.27. The van der Waals surface area contributed by atoms with Crippen molar-refractivity contribution in [3.8, 4) is 0 Å². The third-order valence-electron chi connectivity index (χ3n) is 2.74. The summed E-state index contributed by atoms with van der Waals surface area (Å²) < 4.78 is 52.2. The van der Waals surface area contributed by atoms with E-state index in [9.17, 15) is 17.2 Å². The largest absolute Gasteiger partial charge is 0.394 e. The zero-order valence-corrected chi connectivity index (χ0v) is 11.3. The fourth-order valence-electron chi connectivity index (χ4n) is 1.62. The number of aromatic amines is 1. The molecule has 0 spiro atoms. The molecule has 1 aromatic carbocycles. The van der Waals surface area contributed by atoms with Crippen molar-refractivity contribution >= 4 is 15.7 Å². The maximum Gasteiger partial charge on any atom is 0.246 e. The number of aromatic nitrogens is 2. The molecule has 1 heterocycles. The van der Waals surface area contributed by atoms with Crippen molar-refractivity contribution in [2.75, 3.05) is 12.8 Å². The highest BCUT2D eigenvalue weighted by Crippen LogP contribution is 2.25. The maximum absolute atomic E-state index is 13.8. The van der Waals surface area contributed by atoms with Crippen LogP contribution in [0.3, 0.4) is 0 Å². The molecule has 0 saturated heterocycles. The number of nitrogens with two attached hydrogens (primary N) is 1. The van der Waals surface area contributed by atoms with Gasteiger partial charge in [0.25, 0.3) is 0 Å². The van der Waals surface area contributed by atoms with Gasteiger partial charge < -0.3 is 5.73 Å². The third-order valence-corrected chi connectivity index (χ3v) is 4.56. The second-order valence-electron chi connectivity index (χ2n) is 4.14. The molecule has 0 bridgehead atoms. The molecular weight excluding hydrogens is 290 g/mol. The number of hydrogen-bond donors (Lipinski definition) is 2. The molecule has 2 aromatic rings. The summed E-state index contributed by atoms with van der Waals surface area (Å²) in [5.41, 5.74) is 4.95. The van der Waals surface area contributed by atoms with E-state index in [0.29, 0.717) is 5.56 Å². The standard InChI is InChI=1S/C11H12F2N4O2S/c1-17(6-7-4-15-16-5-7)20(18,19)9-3-2-8(12)11(14)10(9)13/h2-5H,6,14H2,1H3,(H,15,16). The van der Waals surface area contributed by atoms with Crippen LogP contribution in [0.5, 0.6) is 0 Å². The van der Waals surface area contributed by atoms with Crippen LogP contribution >= 0.6 is 0 Å². The summed E-state index contributed by atoms with van der Waals surface area (Å²) in [7, 11) is -2.84. The van der Waals surface area contributed by atoms with Gasteiger partial charge in [-0.05, 0) is 12.1 Å². The minimum atomic E-state index is -4.11. The molecule has 20 heavy (non-hydrogen) atoms. The van der Waals surface area contributed by atoms with Gasteiger partial charge in [-0.25, -0.2) is 17.2 Å². The summed E-state index contributed by atoms with van der Waals surface area (Å²) >= 11 is 0. The number of rotatable bonds is 4. The molecule has 0 aliphatic rings. The van der Waals surface area contributed by atoms with Crippen LogP contribution in [0.15, 0.2) is 29.4 Å². The van der Waals surface area contributed by atoms with E-state index >= 15 is 0 Å². The monoisotopic (exact) mass is 302 g/mol. The number of halogens is 2. The number of nitrogens with zero attached hydrogens (tertiary/aromatic N) is 2. The van der Waals surface area contributed by atoms with Gasteiger partial charge in [-0.1, -0.05) is 0 Å². The van der Waals surface area contributed by atoms with E-state index in [2.05, 4.69) is 10.2 Å². The van der Waals surface area contributed by atoms with Gasteiger partial charge >= 0.3 is 0 Å². The van der Waals surface area contributed by atoms with Crippen molar-refractivity contribution in [1.29, 1.82) is 0 Å². The zero-order valence-electron chi connectivity index (χ0n) is 10.5. The van der Waals surface area contributed by atoms with E-state index in [4.69, 9.17) is 5.73 Å². The van der Waals surface area contributed by atoms with Gasteiger partial charge in [0.2, 0.25) is 10.0 Å². The van der Waals surface area contributed by atoms with Crippen LogP contribution < -0.4 is 5.73 Å². The Kier molecular flexibility index (Phi) is 3.73. The predicted octanol–water partition coefficient (Wildman–Crippen LogP) is 1.09. The van der Waals surface area contributed by atoms with Crippen molar-refractivity contribution in [3.63, 3.8) is 0 Å². The molecular formula is C11H12F2N4O2S. The molecule has 0 saturated carbocycles.